The van der Waals surface area contributed by atoms with Gasteiger partial charge in [0.05, 0.1) is 11.9 Å². The van der Waals surface area contributed by atoms with Crippen LogP contribution in [0, 0.1) is 6.92 Å². The predicted octanol–water partition coefficient (Wildman–Crippen LogP) is 1.53. The molecule has 8 nitrogen and oxygen atoms in total. The fourth-order valence-electron chi connectivity index (χ4n) is 1.95. The average Bonchev–Trinajstić information content (AvgIpc) is 2.61. The number of carbonyl (C=O) groups excluding carboxylic acids is 3. The number of nitrogens with zero attached hydrogens (tertiary/aromatic N) is 2. The molecule has 0 saturated carbocycles. The van der Waals surface area contributed by atoms with Crippen LogP contribution >= 0.6 is 0 Å². The third-order valence-corrected chi connectivity index (χ3v) is 3.13. The van der Waals surface area contributed by atoms with Gasteiger partial charge in [0, 0.05) is 18.3 Å². The van der Waals surface area contributed by atoms with Crippen molar-refractivity contribution in [2.75, 3.05) is 6.54 Å². The maximum absolute atomic E-state index is 12.4. The summed E-state index contributed by atoms with van der Waals surface area (Å²) in [5, 5.41) is 4.58. The van der Waals surface area contributed by atoms with Gasteiger partial charge in [-0.2, -0.15) is 0 Å². The monoisotopic (exact) mass is 342 g/mol. The summed E-state index contributed by atoms with van der Waals surface area (Å²) in [6.07, 6.45) is 1.39. The largest absolute Gasteiger partial charge is 0.442 e. The molecule has 0 unspecified atom stereocenters. The number of hydrogen-bond acceptors (Lipinski definition) is 6. The number of imide groups is 1. The van der Waals surface area contributed by atoms with Crippen LogP contribution in [0.1, 0.15) is 34.8 Å². The minimum Gasteiger partial charge on any atom is -0.442 e. The third-order valence-electron chi connectivity index (χ3n) is 3.13. The molecule has 1 aromatic carbocycles. The Morgan fingerprint density at radius 2 is 1.84 bits per heavy atom. The molecule has 2 aromatic rings. The van der Waals surface area contributed by atoms with E-state index < -0.39 is 24.0 Å². The number of aryl methyl sites for hydroxylation is 1. The summed E-state index contributed by atoms with van der Waals surface area (Å²) < 4.78 is 5.27. The number of esters is 1. The Morgan fingerprint density at radius 3 is 2.44 bits per heavy atom. The van der Waals surface area contributed by atoms with Gasteiger partial charge in [0.15, 0.2) is 5.69 Å². The molecule has 3 amide bonds. The first-order chi connectivity index (χ1) is 12.0. The van der Waals surface area contributed by atoms with E-state index in [1.165, 1.54) is 12.4 Å². The van der Waals surface area contributed by atoms with Crippen LogP contribution in [-0.4, -0.2) is 34.4 Å². The van der Waals surface area contributed by atoms with Crippen molar-refractivity contribution in [1.82, 2.24) is 20.6 Å². The first kappa shape index (κ1) is 18.1. The van der Waals surface area contributed by atoms with E-state index in [-0.39, 0.29) is 5.69 Å². The van der Waals surface area contributed by atoms with Crippen molar-refractivity contribution in [2.45, 2.75) is 20.0 Å². The quantitative estimate of drug-likeness (QED) is 0.797. The summed E-state index contributed by atoms with van der Waals surface area (Å²) in [4.78, 5) is 44.1. The van der Waals surface area contributed by atoms with Gasteiger partial charge in [-0.25, -0.2) is 14.6 Å². The number of rotatable bonds is 5. The van der Waals surface area contributed by atoms with Crippen LogP contribution in [-0.2, 0) is 9.53 Å². The van der Waals surface area contributed by atoms with Gasteiger partial charge in [-0.05, 0) is 13.8 Å². The Labute approximate surface area is 144 Å². The summed E-state index contributed by atoms with van der Waals surface area (Å²) in [6, 6.07) is 7.73. The van der Waals surface area contributed by atoms with Gasteiger partial charge in [-0.3, -0.25) is 15.1 Å². The van der Waals surface area contributed by atoms with Crippen molar-refractivity contribution >= 4 is 17.9 Å². The van der Waals surface area contributed by atoms with E-state index in [0.717, 1.165) is 0 Å². The van der Waals surface area contributed by atoms with Crippen LogP contribution in [0.2, 0.25) is 0 Å². The van der Waals surface area contributed by atoms with Crippen molar-refractivity contribution in [3.05, 3.63) is 59.7 Å². The van der Waals surface area contributed by atoms with Crippen LogP contribution in [0.25, 0.3) is 0 Å². The van der Waals surface area contributed by atoms with Crippen LogP contribution in [0.15, 0.2) is 42.7 Å². The normalized spacial score (nSPS) is 11.3. The van der Waals surface area contributed by atoms with Crippen molar-refractivity contribution < 1.29 is 19.1 Å². The third kappa shape index (κ3) is 5.10. The van der Waals surface area contributed by atoms with Gasteiger partial charge < -0.3 is 10.1 Å². The van der Waals surface area contributed by atoms with Crippen LogP contribution in [0.3, 0.4) is 0 Å². The molecule has 0 radical (unpaired) electrons. The second-order valence-corrected chi connectivity index (χ2v) is 5.09. The molecule has 2 N–H and O–H groups in total. The lowest BCUT2D eigenvalue weighted by Crippen LogP contribution is -2.42. The molecule has 0 fully saturated rings. The van der Waals surface area contributed by atoms with Crippen LogP contribution < -0.4 is 10.6 Å². The zero-order chi connectivity index (χ0) is 18.2. The molecule has 1 heterocycles. The van der Waals surface area contributed by atoms with E-state index in [0.29, 0.717) is 17.8 Å². The molecule has 25 heavy (non-hydrogen) atoms. The molecule has 2 rings (SSSR count). The Bertz CT molecular complexity index is 747. The second kappa shape index (κ2) is 8.53. The Kier molecular flexibility index (Phi) is 6.16. The van der Waals surface area contributed by atoms with E-state index in [1.54, 1.807) is 44.2 Å². The molecular weight excluding hydrogens is 324 g/mol. The first-order valence-corrected chi connectivity index (χ1v) is 7.64. The van der Waals surface area contributed by atoms with E-state index >= 15 is 0 Å². The molecule has 1 atom stereocenters. The summed E-state index contributed by atoms with van der Waals surface area (Å²) >= 11 is 0. The number of hydrogen-bond donors (Lipinski definition) is 2. The molecule has 0 spiro atoms. The topological polar surface area (TPSA) is 110 Å². The van der Waals surface area contributed by atoms with Crippen molar-refractivity contribution in [3.8, 4) is 0 Å². The number of aromatic nitrogens is 2. The number of ether oxygens (including phenoxy) is 1. The number of benzene rings is 1. The zero-order valence-electron chi connectivity index (χ0n) is 13.9. The van der Waals surface area contributed by atoms with E-state index in [2.05, 4.69) is 20.6 Å². The molecular formula is C17H18N4O4. The standard InChI is InChI=1S/C17H18N4O4/c1-3-18-17(24)21-15(22)14(12-7-5-4-6-8-12)25-16(23)13-10-19-11(2)9-20-13/h4-10,14H,3H2,1-2H3,(H2,18,21,22,24)/t14-/m0/s1. The lowest BCUT2D eigenvalue weighted by molar-refractivity contribution is -0.129. The molecule has 130 valence electrons. The highest BCUT2D eigenvalue weighted by molar-refractivity contribution is 5.98. The molecule has 0 aliphatic heterocycles. The van der Waals surface area contributed by atoms with Crippen molar-refractivity contribution in [3.63, 3.8) is 0 Å². The average molecular weight is 342 g/mol. The molecule has 0 bridgehead atoms. The number of carbonyl (C=O) groups is 3. The smallest absolute Gasteiger partial charge is 0.359 e. The fourth-order valence-corrected chi connectivity index (χ4v) is 1.95. The van der Waals surface area contributed by atoms with Crippen LogP contribution in [0.5, 0.6) is 0 Å². The SMILES string of the molecule is CCNC(=O)NC(=O)[C@@H](OC(=O)c1cnc(C)cn1)c1ccccc1. The van der Waals surface area contributed by atoms with E-state index in [1.807, 2.05) is 0 Å². The molecule has 0 saturated heterocycles. The molecule has 1 aromatic heterocycles. The number of amides is 3. The minimum atomic E-state index is -1.29. The lowest BCUT2D eigenvalue weighted by atomic mass is 10.1. The van der Waals surface area contributed by atoms with Crippen molar-refractivity contribution in [2.24, 2.45) is 0 Å². The maximum Gasteiger partial charge on any atom is 0.359 e. The van der Waals surface area contributed by atoms with E-state index in [9.17, 15) is 14.4 Å². The van der Waals surface area contributed by atoms with Crippen molar-refractivity contribution in [1.29, 1.82) is 0 Å². The lowest BCUT2D eigenvalue weighted by Gasteiger charge is -2.17. The summed E-state index contributed by atoms with van der Waals surface area (Å²) in [5.74, 6) is -1.57. The van der Waals surface area contributed by atoms with Crippen LogP contribution in [0.4, 0.5) is 4.79 Å². The Hall–Kier alpha value is -3.29. The number of nitrogens with one attached hydrogen (secondary N) is 2. The molecule has 8 heteroatoms. The minimum absolute atomic E-state index is 0.0302. The zero-order valence-corrected chi connectivity index (χ0v) is 13.9. The maximum atomic E-state index is 12.4. The Morgan fingerprint density at radius 1 is 1.12 bits per heavy atom. The highest BCUT2D eigenvalue weighted by atomic mass is 16.5. The summed E-state index contributed by atoms with van der Waals surface area (Å²) in [5.41, 5.74) is 1.04. The Balaban J connectivity index is 2.20. The first-order valence-electron chi connectivity index (χ1n) is 7.64. The highest BCUT2D eigenvalue weighted by Crippen LogP contribution is 2.19. The summed E-state index contributed by atoms with van der Waals surface area (Å²) in [7, 11) is 0. The predicted molar refractivity (Wildman–Crippen MR) is 88.6 cm³/mol. The number of urea groups is 1. The second-order valence-electron chi connectivity index (χ2n) is 5.09. The highest BCUT2D eigenvalue weighted by Gasteiger charge is 2.27. The summed E-state index contributed by atoms with van der Waals surface area (Å²) in [6.45, 7) is 3.80. The van der Waals surface area contributed by atoms with Gasteiger partial charge in [0.25, 0.3) is 5.91 Å². The fraction of sp³-hybridized carbons (Fsp3) is 0.235. The van der Waals surface area contributed by atoms with Gasteiger partial charge in [0.1, 0.15) is 0 Å². The van der Waals surface area contributed by atoms with Gasteiger partial charge in [0.2, 0.25) is 6.10 Å². The molecule has 0 aliphatic carbocycles. The van der Waals surface area contributed by atoms with Gasteiger partial charge >= 0.3 is 12.0 Å². The van der Waals surface area contributed by atoms with Gasteiger partial charge in [-0.1, -0.05) is 30.3 Å². The van der Waals surface area contributed by atoms with Gasteiger partial charge in [-0.15, -0.1) is 0 Å². The van der Waals surface area contributed by atoms with E-state index in [4.69, 9.17) is 4.74 Å². The molecule has 0 aliphatic rings.